The highest BCUT2D eigenvalue weighted by molar-refractivity contribution is 5.94. The van der Waals surface area contributed by atoms with Crippen LogP contribution in [0.1, 0.15) is 28.5 Å². The Hall–Kier alpha value is -2.55. The fourth-order valence-corrected chi connectivity index (χ4v) is 3.42. The van der Waals surface area contributed by atoms with Crippen LogP contribution in [0, 0.1) is 11.6 Å². The Balaban J connectivity index is 1.58. The fraction of sp³-hybridized carbons (Fsp3) is 0.438. The van der Waals surface area contributed by atoms with Crippen LogP contribution in [0.25, 0.3) is 0 Å². The van der Waals surface area contributed by atoms with Crippen molar-refractivity contribution in [2.45, 2.75) is 25.2 Å². The molecular weight excluding hydrogens is 334 g/mol. The van der Waals surface area contributed by atoms with E-state index >= 15 is 0 Å². The topological polar surface area (TPSA) is 69.5 Å². The van der Waals surface area contributed by atoms with Crippen LogP contribution in [0.15, 0.2) is 18.3 Å². The number of rotatable bonds is 2. The van der Waals surface area contributed by atoms with Gasteiger partial charge in [0.25, 0.3) is 5.91 Å². The van der Waals surface area contributed by atoms with E-state index in [4.69, 9.17) is 4.74 Å². The number of benzene rings is 1. The fourth-order valence-electron chi connectivity index (χ4n) is 3.42. The minimum absolute atomic E-state index is 0.0511. The smallest absolute Gasteiger partial charge is 0.254 e. The van der Waals surface area contributed by atoms with Gasteiger partial charge >= 0.3 is 0 Å². The summed E-state index contributed by atoms with van der Waals surface area (Å²) in [5.41, 5.74) is 0.793. The van der Waals surface area contributed by atoms with Gasteiger partial charge in [-0.1, -0.05) is 5.21 Å². The summed E-state index contributed by atoms with van der Waals surface area (Å²) >= 11 is 0. The average molecular weight is 350 g/mol. The number of ether oxygens (including phenoxy) is 2. The number of carbonyl (C=O) groups excluding carboxylic acids is 1. The van der Waals surface area contributed by atoms with Gasteiger partial charge < -0.3 is 14.4 Å². The van der Waals surface area contributed by atoms with E-state index in [0.717, 1.165) is 17.8 Å². The molecule has 1 amide bonds. The number of likely N-dealkylation sites (tertiary alicyclic amines) is 1. The average Bonchev–Trinajstić information content (AvgIpc) is 3.09. The zero-order valence-electron chi connectivity index (χ0n) is 13.5. The first kappa shape index (κ1) is 15.9. The number of piperidine rings is 1. The minimum atomic E-state index is -0.903. The van der Waals surface area contributed by atoms with Crippen LogP contribution in [0.5, 0.6) is 5.75 Å². The van der Waals surface area contributed by atoms with Crippen molar-refractivity contribution in [2.75, 3.05) is 20.2 Å². The van der Waals surface area contributed by atoms with Gasteiger partial charge in [0.2, 0.25) is 0 Å². The number of halogens is 2. The van der Waals surface area contributed by atoms with Crippen molar-refractivity contribution in [2.24, 2.45) is 0 Å². The standard InChI is InChI=1S/C16H16F2N4O3/c1-24-15-11(17)4-9(5-12(15)18)16(23)21-3-2-14-13(7-21)22-10(8-25-14)6-19-20-22/h4-6,13-14H,2-3,7-8H2,1H3/t13-,14+/m1/s1. The summed E-state index contributed by atoms with van der Waals surface area (Å²) in [5, 5.41) is 7.95. The van der Waals surface area contributed by atoms with Gasteiger partial charge in [0.15, 0.2) is 17.4 Å². The number of fused-ring (bicyclic) bond motifs is 3. The molecule has 0 radical (unpaired) electrons. The summed E-state index contributed by atoms with van der Waals surface area (Å²) < 4.78 is 40.0. The maximum atomic E-state index is 13.9. The highest BCUT2D eigenvalue weighted by Crippen LogP contribution is 2.31. The van der Waals surface area contributed by atoms with Crippen molar-refractivity contribution in [3.63, 3.8) is 0 Å². The first-order valence-electron chi connectivity index (χ1n) is 7.91. The van der Waals surface area contributed by atoms with Crippen molar-refractivity contribution in [1.82, 2.24) is 19.9 Å². The van der Waals surface area contributed by atoms with E-state index in [1.807, 2.05) is 0 Å². The van der Waals surface area contributed by atoms with Crippen molar-refractivity contribution in [3.8, 4) is 5.75 Å². The number of carbonyl (C=O) groups is 1. The summed E-state index contributed by atoms with van der Waals surface area (Å²) in [4.78, 5) is 14.3. The van der Waals surface area contributed by atoms with Gasteiger partial charge in [-0.15, -0.1) is 5.10 Å². The lowest BCUT2D eigenvalue weighted by molar-refractivity contribution is -0.0605. The Kier molecular flexibility index (Phi) is 3.87. The molecule has 0 saturated carbocycles. The summed E-state index contributed by atoms with van der Waals surface area (Å²) in [5.74, 6) is -2.74. The molecule has 9 heteroatoms. The van der Waals surface area contributed by atoms with Gasteiger partial charge in [-0.3, -0.25) is 4.79 Å². The number of aromatic nitrogens is 3. The first-order valence-corrected chi connectivity index (χ1v) is 7.91. The lowest BCUT2D eigenvalue weighted by atomic mass is 9.99. The lowest BCUT2D eigenvalue weighted by Gasteiger charge is -2.41. The summed E-state index contributed by atoms with van der Waals surface area (Å²) in [7, 11) is 1.17. The van der Waals surface area contributed by atoms with E-state index in [-0.39, 0.29) is 17.7 Å². The second kappa shape index (κ2) is 6.07. The largest absolute Gasteiger partial charge is 0.491 e. The lowest BCUT2D eigenvalue weighted by Crippen LogP contribution is -2.49. The van der Waals surface area contributed by atoms with Crippen molar-refractivity contribution in [3.05, 3.63) is 41.2 Å². The van der Waals surface area contributed by atoms with Gasteiger partial charge in [-0.2, -0.15) is 0 Å². The van der Waals surface area contributed by atoms with Crippen LogP contribution < -0.4 is 4.74 Å². The molecule has 0 N–H and O–H groups in total. The molecule has 1 aromatic carbocycles. The van der Waals surface area contributed by atoms with Crippen LogP contribution in [-0.2, 0) is 11.3 Å². The van der Waals surface area contributed by atoms with Crippen LogP contribution in [0.4, 0.5) is 8.78 Å². The number of methoxy groups -OCH3 is 1. The molecule has 4 rings (SSSR count). The zero-order chi connectivity index (χ0) is 17.6. The van der Waals surface area contributed by atoms with E-state index in [9.17, 15) is 13.6 Å². The zero-order valence-corrected chi connectivity index (χ0v) is 13.5. The van der Waals surface area contributed by atoms with Crippen molar-refractivity contribution >= 4 is 5.91 Å². The maximum absolute atomic E-state index is 13.9. The van der Waals surface area contributed by atoms with Crippen LogP contribution in [0.3, 0.4) is 0 Å². The van der Waals surface area contributed by atoms with Crippen molar-refractivity contribution < 1.29 is 23.0 Å². The van der Waals surface area contributed by atoms with E-state index in [2.05, 4.69) is 15.0 Å². The number of hydrogen-bond acceptors (Lipinski definition) is 5. The minimum Gasteiger partial charge on any atom is -0.491 e. The SMILES string of the molecule is COc1c(F)cc(C(=O)N2CC[C@@H]3OCc4cnnn4[C@@H]3C2)cc1F. The molecule has 2 atom stereocenters. The number of amides is 1. The molecule has 3 heterocycles. The molecule has 2 aliphatic heterocycles. The Morgan fingerprint density at radius 1 is 1.36 bits per heavy atom. The number of nitrogens with zero attached hydrogens (tertiary/aromatic N) is 4. The van der Waals surface area contributed by atoms with Crippen molar-refractivity contribution in [1.29, 1.82) is 0 Å². The molecule has 0 bridgehead atoms. The molecule has 0 aliphatic carbocycles. The predicted octanol–water partition coefficient (Wildman–Crippen LogP) is 1.55. The van der Waals surface area contributed by atoms with Gasteiger partial charge in [-0.25, -0.2) is 13.5 Å². The molecule has 25 heavy (non-hydrogen) atoms. The Morgan fingerprint density at radius 2 is 2.12 bits per heavy atom. The molecule has 1 fully saturated rings. The second-order valence-corrected chi connectivity index (χ2v) is 6.10. The van der Waals surface area contributed by atoms with Gasteiger partial charge in [0, 0.05) is 18.7 Å². The molecule has 2 aliphatic rings. The third kappa shape index (κ3) is 2.64. The monoisotopic (exact) mass is 350 g/mol. The molecular formula is C16H16F2N4O3. The highest BCUT2D eigenvalue weighted by Gasteiger charge is 2.38. The summed E-state index contributed by atoms with van der Waals surface area (Å²) in [6.45, 7) is 1.23. The third-order valence-electron chi connectivity index (χ3n) is 4.67. The quantitative estimate of drug-likeness (QED) is 0.822. The molecule has 7 nitrogen and oxygen atoms in total. The molecule has 0 unspecified atom stereocenters. The Bertz CT molecular complexity index is 802. The first-order chi connectivity index (χ1) is 12.1. The Morgan fingerprint density at radius 3 is 2.84 bits per heavy atom. The van der Waals surface area contributed by atoms with Gasteiger partial charge in [-0.05, 0) is 18.6 Å². The van der Waals surface area contributed by atoms with Crippen LogP contribution in [0.2, 0.25) is 0 Å². The van der Waals surface area contributed by atoms with E-state index in [0.29, 0.717) is 26.1 Å². The summed E-state index contributed by atoms with van der Waals surface area (Å²) in [6.07, 6.45) is 2.20. The number of hydrogen-bond donors (Lipinski definition) is 0. The highest BCUT2D eigenvalue weighted by atomic mass is 19.1. The maximum Gasteiger partial charge on any atom is 0.254 e. The Labute approximate surface area is 142 Å². The van der Waals surface area contributed by atoms with Gasteiger partial charge in [0.05, 0.1) is 37.8 Å². The molecule has 1 saturated heterocycles. The van der Waals surface area contributed by atoms with E-state index in [1.54, 1.807) is 15.8 Å². The van der Waals surface area contributed by atoms with E-state index in [1.165, 1.54) is 7.11 Å². The molecule has 1 aromatic heterocycles. The van der Waals surface area contributed by atoms with E-state index < -0.39 is 23.3 Å². The predicted molar refractivity (Wildman–Crippen MR) is 81.1 cm³/mol. The summed E-state index contributed by atoms with van der Waals surface area (Å²) in [6, 6.07) is 1.83. The second-order valence-electron chi connectivity index (χ2n) is 6.10. The molecule has 132 valence electrons. The molecule has 0 spiro atoms. The third-order valence-corrected chi connectivity index (χ3v) is 4.67. The normalized spacial score (nSPS) is 22.3. The van der Waals surface area contributed by atoms with Crippen LogP contribution in [-0.4, -0.2) is 52.1 Å². The molecule has 2 aromatic rings. The van der Waals surface area contributed by atoms with Gasteiger partial charge in [0.1, 0.15) is 0 Å². The van der Waals surface area contributed by atoms with Crippen LogP contribution >= 0.6 is 0 Å².